The maximum Gasteiger partial charge on any atom is 0.250 e. The third-order valence-corrected chi connectivity index (χ3v) is 8.95. The molecular weight excluding hydrogens is 491 g/mol. The van der Waals surface area contributed by atoms with Crippen molar-refractivity contribution < 1.29 is 17.6 Å². The lowest BCUT2D eigenvalue weighted by Crippen LogP contribution is -2.38. The molecule has 4 N–H and O–H groups in total. The van der Waals surface area contributed by atoms with Gasteiger partial charge in [-0.2, -0.15) is 0 Å². The third kappa shape index (κ3) is 6.05. The van der Waals surface area contributed by atoms with E-state index in [1.165, 1.54) is 6.07 Å². The van der Waals surface area contributed by atoms with Crippen molar-refractivity contribution in [2.24, 2.45) is 11.1 Å². The van der Waals surface area contributed by atoms with Gasteiger partial charge in [-0.25, -0.2) is 17.1 Å². The summed E-state index contributed by atoms with van der Waals surface area (Å²) in [5.74, 6) is -0.755. The van der Waals surface area contributed by atoms with Gasteiger partial charge < -0.3 is 16.0 Å². The molecule has 3 aromatic rings. The van der Waals surface area contributed by atoms with E-state index in [1.54, 1.807) is 23.4 Å². The molecule has 0 atom stereocenters. The number of hydrogen-bond acceptors (Lipinski definition) is 4. The van der Waals surface area contributed by atoms with Crippen molar-refractivity contribution in [2.75, 3.05) is 25.4 Å². The van der Waals surface area contributed by atoms with Crippen molar-refractivity contribution in [1.82, 2.24) is 14.6 Å². The average molecular weight is 529 g/mol. The fraction of sp³-hybridized carbons (Fsp3) is 0.464. The number of carbonyl (C=O) groups is 1. The van der Waals surface area contributed by atoms with Gasteiger partial charge in [0.15, 0.2) is 0 Å². The number of aromatic nitrogens is 1. The van der Waals surface area contributed by atoms with Gasteiger partial charge in [0, 0.05) is 43.3 Å². The highest BCUT2D eigenvalue weighted by Crippen LogP contribution is 2.37. The second-order valence-corrected chi connectivity index (χ2v) is 13.4. The Morgan fingerprint density at radius 3 is 2.51 bits per heavy atom. The van der Waals surface area contributed by atoms with E-state index in [0.29, 0.717) is 54.7 Å². The molecule has 1 aromatic heterocycles. The number of H-pyrrole nitrogens is 1. The normalized spacial score (nSPS) is 15.9. The van der Waals surface area contributed by atoms with Crippen molar-refractivity contribution in [1.29, 1.82) is 0 Å². The van der Waals surface area contributed by atoms with Crippen molar-refractivity contribution in [3.05, 3.63) is 59.0 Å². The minimum absolute atomic E-state index is 0.0897. The molecule has 1 aliphatic rings. The monoisotopic (exact) mass is 528 g/mol. The predicted octanol–water partition coefficient (Wildman–Crippen LogP) is 4.74. The Balaban J connectivity index is 1.69. The van der Waals surface area contributed by atoms with Crippen LogP contribution >= 0.6 is 0 Å². The SMILES string of the molecule is CCS(=O)(=O)N1CCC(c2c[nH]c3c(C(N)=O)cc(-c4cc(CNCC(C)(C)C)ccc4F)cc23)CC1. The van der Waals surface area contributed by atoms with E-state index in [4.69, 9.17) is 5.73 Å². The molecule has 0 aliphatic carbocycles. The number of carbonyl (C=O) groups excluding carboxylic acids is 1. The second kappa shape index (κ2) is 10.6. The number of piperidine rings is 1. The topological polar surface area (TPSA) is 108 Å². The minimum Gasteiger partial charge on any atom is -0.366 e. The fourth-order valence-corrected chi connectivity index (χ4v) is 6.19. The van der Waals surface area contributed by atoms with Gasteiger partial charge in [-0.05, 0) is 72.1 Å². The number of nitrogens with one attached hydrogen (secondary N) is 2. The number of rotatable bonds is 8. The quantitative estimate of drug-likeness (QED) is 0.392. The smallest absolute Gasteiger partial charge is 0.250 e. The Morgan fingerprint density at radius 2 is 1.89 bits per heavy atom. The van der Waals surface area contributed by atoms with Crippen LogP contribution in [-0.2, 0) is 16.6 Å². The van der Waals surface area contributed by atoms with E-state index < -0.39 is 15.9 Å². The Bertz CT molecular complexity index is 1400. The van der Waals surface area contributed by atoms with E-state index in [9.17, 15) is 13.2 Å². The molecule has 9 heteroatoms. The first-order valence-electron chi connectivity index (χ1n) is 12.8. The lowest BCUT2D eigenvalue weighted by atomic mass is 9.88. The molecular formula is C28H37FN4O3S. The van der Waals surface area contributed by atoms with Crippen LogP contribution < -0.4 is 11.1 Å². The number of sulfonamides is 1. The highest BCUT2D eigenvalue weighted by Gasteiger charge is 2.29. The predicted molar refractivity (Wildman–Crippen MR) is 146 cm³/mol. The first-order valence-corrected chi connectivity index (χ1v) is 14.4. The van der Waals surface area contributed by atoms with Crippen molar-refractivity contribution in [2.45, 2.75) is 53.0 Å². The molecule has 0 spiro atoms. The molecule has 7 nitrogen and oxygen atoms in total. The third-order valence-electron chi connectivity index (χ3n) is 7.07. The van der Waals surface area contributed by atoms with Gasteiger partial charge in [0.05, 0.1) is 16.8 Å². The zero-order chi connectivity index (χ0) is 27.0. The Hall–Kier alpha value is -2.75. The number of nitrogens with zero attached hydrogens (tertiary/aromatic N) is 1. The second-order valence-electron chi connectivity index (χ2n) is 11.1. The van der Waals surface area contributed by atoms with Crippen LogP contribution in [0.3, 0.4) is 0 Å². The van der Waals surface area contributed by atoms with Gasteiger partial charge in [-0.1, -0.05) is 26.8 Å². The van der Waals surface area contributed by atoms with Gasteiger partial charge in [0.1, 0.15) is 5.82 Å². The zero-order valence-electron chi connectivity index (χ0n) is 22.0. The van der Waals surface area contributed by atoms with Crippen molar-refractivity contribution in [3.8, 4) is 11.1 Å². The van der Waals surface area contributed by atoms with Crippen molar-refractivity contribution >= 4 is 26.8 Å². The molecule has 0 radical (unpaired) electrons. The Labute approximate surface area is 218 Å². The van der Waals surface area contributed by atoms with E-state index in [1.807, 2.05) is 18.3 Å². The number of fused-ring (bicyclic) bond motifs is 1. The number of nitrogens with two attached hydrogens (primary N) is 1. The summed E-state index contributed by atoms with van der Waals surface area (Å²) in [7, 11) is -3.22. The summed E-state index contributed by atoms with van der Waals surface area (Å²) in [6, 6.07) is 8.60. The number of benzene rings is 2. The number of aromatic amines is 1. The highest BCUT2D eigenvalue weighted by molar-refractivity contribution is 7.89. The summed E-state index contributed by atoms with van der Waals surface area (Å²) in [6.07, 6.45) is 3.22. The largest absolute Gasteiger partial charge is 0.366 e. The molecule has 0 unspecified atom stereocenters. The summed E-state index contributed by atoms with van der Waals surface area (Å²) in [6.45, 7) is 10.4. The van der Waals surface area contributed by atoms with Crippen LogP contribution in [0.1, 0.15) is 67.9 Å². The van der Waals surface area contributed by atoms with Gasteiger partial charge in [0.2, 0.25) is 10.0 Å². The molecule has 1 amide bonds. The molecule has 1 fully saturated rings. The standard InChI is InChI=1S/C28H37FN4O3S/c1-5-37(35,36)33-10-8-19(9-11-33)24-16-32-26-22(24)13-20(14-23(26)27(30)34)21-12-18(6-7-25(21)29)15-31-17-28(2,3)4/h6-7,12-14,16,19,31-32H,5,8-11,15,17H2,1-4H3,(H2,30,34). The summed E-state index contributed by atoms with van der Waals surface area (Å²) in [5, 5.41) is 4.24. The zero-order valence-corrected chi connectivity index (χ0v) is 22.8. The van der Waals surface area contributed by atoms with Crippen LogP contribution in [0.5, 0.6) is 0 Å². The lowest BCUT2D eigenvalue weighted by Gasteiger charge is -2.31. The van der Waals surface area contributed by atoms with E-state index in [2.05, 4.69) is 31.1 Å². The first-order chi connectivity index (χ1) is 17.4. The number of halogens is 1. The van der Waals surface area contributed by atoms with Crippen LogP contribution in [0.4, 0.5) is 4.39 Å². The van der Waals surface area contributed by atoms with Crippen LogP contribution in [0.2, 0.25) is 0 Å². The van der Waals surface area contributed by atoms with Gasteiger partial charge in [-0.3, -0.25) is 4.79 Å². The number of hydrogen-bond donors (Lipinski definition) is 3. The summed E-state index contributed by atoms with van der Waals surface area (Å²) < 4.78 is 41.2. The average Bonchev–Trinajstić information content (AvgIpc) is 3.27. The van der Waals surface area contributed by atoms with Gasteiger partial charge in [0.25, 0.3) is 5.91 Å². The molecule has 37 heavy (non-hydrogen) atoms. The highest BCUT2D eigenvalue weighted by atomic mass is 32.2. The van der Waals surface area contributed by atoms with Gasteiger partial charge in [-0.15, -0.1) is 0 Å². The Kier molecular flexibility index (Phi) is 7.78. The van der Waals surface area contributed by atoms with Crippen molar-refractivity contribution in [3.63, 3.8) is 0 Å². The van der Waals surface area contributed by atoms with Crippen LogP contribution in [0.25, 0.3) is 22.0 Å². The summed E-state index contributed by atoms with van der Waals surface area (Å²) >= 11 is 0. The number of primary amides is 1. The lowest BCUT2D eigenvalue weighted by molar-refractivity contribution is 0.100. The molecule has 4 rings (SSSR count). The van der Waals surface area contributed by atoms with E-state index in [0.717, 1.165) is 23.1 Å². The number of amides is 1. The summed E-state index contributed by atoms with van der Waals surface area (Å²) in [4.78, 5) is 15.6. The van der Waals surface area contributed by atoms with Crippen LogP contribution in [0, 0.1) is 11.2 Å². The molecule has 2 heterocycles. The molecule has 0 saturated carbocycles. The maximum absolute atomic E-state index is 15.1. The van der Waals surface area contributed by atoms with Crippen LogP contribution in [-0.4, -0.2) is 49.0 Å². The van der Waals surface area contributed by atoms with Gasteiger partial charge >= 0.3 is 0 Å². The first kappa shape index (κ1) is 27.3. The fourth-order valence-electron chi connectivity index (χ4n) is 5.05. The summed E-state index contributed by atoms with van der Waals surface area (Å²) in [5.41, 5.74) is 9.73. The Morgan fingerprint density at radius 1 is 1.19 bits per heavy atom. The molecule has 1 saturated heterocycles. The van der Waals surface area contributed by atoms with E-state index in [-0.39, 0.29) is 22.9 Å². The molecule has 0 bridgehead atoms. The molecule has 200 valence electrons. The molecule has 1 aliphatic heterocycles. The van der Waals surface area contributed by atoms with E-state index >= 15 is 4.39 Å². The maximum atomic E-state index is 15.1. The minimum atomic E-state index is -3.22. The van der Waals surface area contributed by atoms with Crippen LogP contribution in [0.15, 0.2) is 36.5 Å². The molecule has 2 aromatic carbocycles.